The highest BCUT2D eigenvalue weighted by molar-refractivity contribution is 5.50. The minimum atomic E-state index is -0.287. The van der Waals surface area contributed by atoms with Gasteiger partial charge in [-0.2, -0.15) is 0 Å². The number of nitrogens with zero attached hydrogens (tertiary/aromatic N) is 2. The lowest BCUT2D eigenvalue weighted by atomic mass is 9.83. The lowest BCUT2D eigenvalue weighted by Crippen LogP contribution is -2.48. The maximum atomic E-state index is 10.2. The number of aromatic nitrogens is 1. The first-order valence-corrected chi connectivity index (χ1v) is 5.90. The highest BCUT2D eigenvalue weighted by Gasteiger charge is 2.36. The lowest BCUT2D eigenvalue weighted by molar-refractivity contribution is 0.0214. The topological polar surface area (TPSA) is 36.4 Å². The van der Waals surface area contributed by atoms with Crippen molar-refractivity contribution < 1.29 is 5.11 Å². The molecule has 2 bridgehead atoms. The highest BCUT2D eigenvalue weighted by Crippen LogP contribution is 2.35. The van der Waals surface area contributed by atoms with Crippen molar-refractivity contribution in [3.63, 3.8) is 0 Å². The van der Waals surface area contributed by atoms with Crippen molar-refractivity contribution >= 4 is 6.08 Å². The Morgan fingerprint density at radius 1 is 1.31 bits per heavy atom. The van der Waals surface area contributed by atoms with Gasteiger partial charge < -0.3 is 10.0 Å². The summed E-state index contributed by atoms with van der Waals surface area (Å²) >= 11 is 0. The summed E-state index contributed by atoms with van der Waals surface area (Å²) in [5.74, 6) is 0.458. The van der Waals surface area contributed by atoms with Crippen LogP contribution in [0.5, 0.6) is 0 Å². The molecule has 3 aliphatic heterocycles. The Bertz CT molecular complexity index is 390. The van der Waals surface area contributed by atoms with Gasteiger partial charge in [0.25, 0.3) is 0 Å². The number of hydrogen-bond donors (Lipinski definition) is 1. The van der Waals surface area contributed by atoms with Crippen LogP contribution >= 0.6 is 0 Å². The van der Waals surface area contributed by atoms with Crippen molar-refractivity contribution in [1.29, 1.82) is 0 Å². The van der Waals surface area contributed by atoms with E-state index in [0.717, 1.165) is 37.3 Å². The van der Waals surface area contributed by atoms with Crippen LogP contribution in [0.4, 0.5) is 0 Å². The summed E-state index contributed by atoms with van der Waals surface area (Å²) in [4.78, 5) is 6.57. The van der Waals surface area contributed by atoms with Gasteiger partial charge >= 0.3 is 0 Å². The summed E-state index contributed by atoms with van der Waals surface area (Å²) < 4.78 is 0. The highest BCUT2D eigenvalue weighted by atomic mass is 16.3. The van der Waals surface area contributed by atoms with Gasteiger partial charge in [0, 0.05) is 25.0 Å². The van der Waals surface area contributed by atoms with Crippen molar-refractivity contribution in [1.82, 2.24) is 9.88 Å². The SMILES string of the molecule is OC1/C(=C/c2ccccn2)N2CCC1CC2. The minimum Gasteiger partial charge on any atom is -0.387 e. The van der Waals surface area contributed by atoms with Crippen LogP contribution in [0.15, 0.2) is 30.1 Å². The fraction of sp³-hybridized carbons (Fsp3) is 0.462. The minimum absolute atomic E-state index is 0.287. The summed E-state index contributed by atoms with van der Waals surface area (Å²) in [7, 11) is 0. The summed E-state index contributed by atoms with van der Waals surface area (Å²) in [6.07, 6.45) is 5.77. The van der Waals surface area contributed by atoms with Crippen molar-refractivity contribution in [3.8, 4) is 0 Å². The second-order valence-electron chi connectivity index (χ2n) is 4.59. The Balaban J connectivity index is 1.92. The molecule has 84 valence electrons. The number of pyridine rings is 1. The first kappa shape index (κ1) is 9.85. The van der Waals surface area contributed by atoms with E-state index in [0.29, 0.717) is 5.92 Å². The van der Waals surface area contributed by atoms with Gasteiger partial charge in [0.05, 0.1) is 11.8 Å². The molecule has 1 unspecified atom stereocenters. The van der Waals surface area contributed by atoms with Crippen LogP contribution in [0.1, 0.15) is 18.5 Å². The van der Waals surface area contributed by atoms with E-state index >= 15 is 0 Å². The molecule has 3 aliphatic rings. The first-order chi connectivity index (χ1) is 7.84. The van der Waals surface area contributed by atoms with E-state index in [1.54, 1.807) is 6.20 Å². The number of piperidine rings is 3. The molecule has 3 saturated heterocycles. The van der Waals surface area contributed by atoms with E-state index in [-0.39, 0.29) is 6.10 Å². The van der Waals surface area contributed by atoms with Gasteiger partial charge in [0.2, 0.25) is 0 Å². The second-order valence-corrected chi connectivity index (χ2v) is 4.59. The Kier molecular flexibility index (Phi) is 2.40. The molecule has 1 N–H and O–H groups in total. The predicted molar refractivity (Wildman–Crippen MR) is 62.5 cm³/mol. The third kappa shape index (κ3) is 1.61. The molecule has 0 amide bonds. The fourth-order valence-corrected chi connectivity index (χ4v) is 2.69. The van der Waals surface area contributed by atoms with Crippen LogP contribution in [0.2, 0.25) is 0 Å². The average molecular weight is 216 g/mol. The van der Waals surface area contributed by atoms with E-state index < -0.39 is 0 Å². The second kappa shape index (κ2) is 3.91. The molecule has 16 heavy (non-hydrogen) atoms. The van der Waals surface area contributed by atoms with Crippen LogP contribution < -0.4 is 0 Å². The van der Waals surface area contributed by atoms with E-state index in [4.69, 9.17) is 0 Å². The zero-order valence-electron chi connectivity index (χ0n) is 9.21. The number of aliphatic hydroxyl groups is 1. The van der Waals surface area contributed by atoms with Crippen molar-refractivity contribution in [2.24, 2.45) is 5.92 Å². The molecule has 3 fully saturated rings. The lowest BCUT2D eigenvalue weighted by Gasteiger charge is -2.45. The zero-order chi connectivity index (χ0) is 11.0. The summed E-state index contributed by atoms with van der Waals surface area (Å²) in [5, 5.41) is 10.2. The van der Waals surface area contributed by atoms with Crippen molar-refractivity contribution in [2.45, 2.75) is 18.9 Å². The molecule has 3 heteroatoms. The molecule has 1 aromatic rings. The Morgan fingerprint density at radius 3 is 2.75 bits per heavy atom. The predicted octanol–water partition coefficient (Wildman–Crippen LogP) is 1.51. The largest absolute Gasteiger partial charge is 0.387 e. The maximum Gasteiger partial charge on any atom is 0.0966 e. The molecular formula is C13H16N2O. The number of rotatable bonds is 1. The van der Waals surface area contributed by atoms with E-state index in [2.05, 4.69) is 9.88 Å². The molecule has 1 atom stereocenters. The van der Waals surface area contributed by atoms with Crippen molar-refractivity contribution in [3.05, 3.63) is 35.8 Å². The Labute approximate surface area is 95.4 Å². The summed E-state index contributed by atoms with van der Waals surface area (Å²) in [6.45, 7) is 2.17. The van der Waals surface area contributed by atoms with Gasteiger partial charge in [-0.05, 0) is 37.0 Å². The zero-order valence-corrected chi connectivity index (χ0v) is 9.21. The monoisotopic (exact) mass is 216 g/mol. The standard InChI is InChI=1S/C13H16N2O/c16-13-10-4-7-15(8-5-10)12(13)9-11-3-1-2-6-14-11/h1-3,6,9-10,13,16H,4-5,7-8H2/b12-9-. The summed E-state index contributed by atoms with van der Waals surface area (Å²) in [6, 6.07) is 5.86. The van der Waals surface area contributed by atoms with Gasteiger partial charge in [-0.25, -0.2) is 0 Å². The van der Waals surface area contributed by atoms with Gasteiger partial charge in [-0.15, -0.1) is 0 Å². The van der Waals surface area contributed by atoms with Crippen LogP contribution in [-0.4, -0.2) is 34.2 Å². The Hall–Kier alpha value is -1.35. The van der Waals surface area contributed by atoms with Crippen molar-refractivity contribution in [2.75, 3.05) is 13.1 Å². The first-order valence-electron chi connectivity index (χ1n) is 5.90. The van der Waals surface area contributed by atoms with Gasteiger partial charge in [0.1, 0.15) is 0 Å². The molecule has 4 heterocycles. The molecule has 0 spiro atoms. The van der Waals surface area contributed by atoms with Crippen LogP contribution in [0.3, 0.4) is 0 Å². The molecular weight excluding hydrogens is 200 g/mol. The Morgan fingerprint density at radius 2 is 2.12 bits per heavy atom. The van der Waals surface area contributed by atoms with E-state index in [1.165, 1.54) is 0 Å². The third-order valence-electron chi connectivity index (χ3n) is 3.64. The molecule has 0 radical (unpaired) electrons. The number of hydrogen-bond acceptors (Lipinski definition) is 3. The average Bonchev–Trinajstić information content (AvgIpc) is 2.36. The van der Waals surface area contributed by atoms with E-state index in [1.807, 2.05) is 24.3 Å². The van der Waals surface area contributed by atoms with Crippen LogP contribution in [0.25, 0.3) is 6.08 Å². The van der Waals surface area contributed by atoms with Crippen LogP contribution in [-0.2, 0) is 0 Å². The molecule has 4 rings (SSSR count). The fourth-order valence-electron chi connectivity index (χ4n) is 2.69. The number of aliphatic hydroxyl groups excluding tert-OH is 1. The van der Waals surface area contributed by atoms with Gasteiger partial charge in [-0.1, -0.05) is 6.07 Å². The molecule has 0 saturated carbocycles. The summed E-state index contributed by atoms with van der Waals surface area (Å²) in [5.41, 5.74) is 1.99. The van der Waals surface area contributed by atoms with Crippen LogP contribution in [0, 0.1) is 5.92 Å². The molecule has 0 aliphatic carbocycles. The maximum absolute atomic E-state index is 10.2. The number of fused-ring (bicyclic) bond motifs is 3. The quantitative estimate of drug-likeness (QED) is 0.773. The van der Waals surface area contributed by atoms with Gasteiger partial charge in [-0.3, -0.25) is 4.98 Å². The van der Waals surface area contributed by atoms with Gasteiger partial charge in [0.15, 0.2) is 0 Å². The smallest absolute Gasteiger partial charge is 0.0966 e. The molecule has 3 nitrogen and oxygen atoms in total. The molecule has 1 aromatic heterocycles. The third-order valence-corrected chi connectivity index (χ3v) is 3.64. The van der Waals surface area contributed by atoms with E-state index in [9.17, 15) is 5.11 Å². The molecule has 0 aromatic carbocycles. The normalized spacial score (nSPS) is 31.1.